The van der Waals surface area contributed by atoms with Crippen molar-refractivity contribution in [2.24, 2.45) is 0 Å². The summed E-state index contributed by atoms with van der Waals surface area (Å²) in [5, 5.41) is 0. The molecule has 108 valence electrons. The molecule has 1 aromatic rings. The first-order valence-electron chi connectivity index (χ1n) is 7.92. The highest BCUT2D eigenvalue weighted by molar-refractivity contribution is 5.28. The molecule has 1 aromatic carbocycles. The Kier molecular flexibility index (Phi) is 8.57. The Morgan fingerprint density at radius 1 is 1.00 bits per heavy atom. The van der Waals surface area contributed by atoms with Gasteiger partial charge >= 0.3 is 0 Å². The van der Waals surface area contributed by atoms with E-state index in [0.717, 1.165) is 19.1 Å². The lowest BCUT2D eigenvalue weighted by atomic mass is 9.88. The third-order valence-corrected chi connectivity index (χ3v) is 3.92. The highest BCUT2D eigenvalue weighted by Crippen LogP contribution is 2.28. The van der Waals surface area contributed by atoms with E-state index in [4.69, 9.17) is 4.74 Å². The topological polar surface area (TPSA) is 9.23 Å². The lowest BCUT2D eigenvalue weighted by Gasteiger charge is -2.17. The Labute approximate surface area is 119 Å². The quantitative estimate of drug-likeness (QED) is 0.508. The summed E-state index contributed by atoms with van der Waals surface area (Å²) in [4.78, 5) is 0. The molecule has 0 aliphatic heterocycles. The van der Waals surface area contributed by atoms with E-state index in [1.165, 1.54) is 44.1 Å². The Morgan fingerprint density at radius 3 is 2.42 bits per heavy atom. The largest absolute Gasteiger partial charge is 0.382 e. The third kappa shape index (κ3) is 6.24. The minimum Gasteiger partial charge on any atom is -0.382 e. The minimum atomic E-state index is 0.744. The van der Waals surface area contributed by atoms with Crippen LogP contribution in [0.4, 0.5) is 0 Å². The highest BCUT2D eigenvalue weighted by atomic mass is 16.5. The molecule has 0 N–H and O–H groups in total. The van der Waals surface area contributed by atoms with Crippen LogP contribution in [0.15, 0.2) is 24.3 Å². The van der Waals surface area contributed by atoms with Crippen LogP contribution in [-0.2, 0) is 4.74 Å². The molecule has 1 atom stereocenters. The van der Waals surface area contributed by atoms with Crippen LogP contribution >= 0.6 is 0 Å². The molecule has 0 aromatic heterocycles. The van der Waals surface area contributed by atoms with Gasteiger partial charge in [-0.2, -0.15) is 0 Å². The van der Waals surface area contributed by atoms with Gasteiger partial charge in [0.25, 0.3) is 0 Å². The van der Waals surface area contributed by atoms with Crippen molar-refractivity contribution in [3.05, 3.63) is 35.4 Å². The van der Waals surface area contributed by atoms with Crippen LogP contribution in [0.25, 0.3) is 0 Å². The maximum Gasteiger partial charge on any atom is 0.0465 e. The van der Waals surface area contributed by atoms with Crippen LogP contribution in [0.3, 0.4) is 0 Å². The average Bonchev–Trinajstić information content (AvgIpc) is 2.43. The third-order valence-electron chi connectivity index (χ3n) is 3.92. The zero-order chi connectivity index (χ0) is 13.9. The zero-order valence-electron chi connectivity index (χ0n) is 13.0. The standard InChI is InChI=1S/C18H30O/c1-4-17(18-14-10-9-12-16(18)3)13-8-6-7-11-15-19-5-2/h9-10,12,14,17H,4-8,11,13,15H2,1-3H3. The summed E-state index contributed by atoms with van der Waals surface area (Å²) in [6.07, 6.45) is 7.80. The first-order chi connectivity index (χ1) is 9.29. The molecule has 0 bridgehead atoms. The van der Waals surface area contributed by atoms with Crippen LogP contribution in [0.1, 0.15) is 69.4 Å². The maximum absolute atomic E-state index is 5.37. The molecule has 19 heavy (non-hydrogen) atoms. The van der Waals surface area contributed by atoms with E-state index in [0.29, 0.717) is 0 Å². The van der Waals surface area contributed by atoms with Gasteiger partial charge < -0.3 is 4.74 Å². The van der Waals surface area contributed by atoms with E-state index in [2.05, 4.69) is 45.0 Å². The van der Waals surface area contributed by atoms with Gasteiger partial charge in [0.1, 0.15) is 0 Å². The van der Waals surface area contributed by atoms with Crippen LogP contribution in [0, 0.1) is 6.92 Å². The number of benzene rings is 1. The van der Waals surface area contributed by atoms with Crippen molar-refractivity contribution in [2.45, 2.75) is 65.2 Å². The summed E-state index contributed by atoms with van der Waals surface area (Å²) >= 11 is 0. The van der Waals surface area contributed by atoms with Crippen LogP contribution in [0.2, 0.25) is 0 Å². The smallest absolute Gasteiger partial charge is 0.0465 e. The molecule has 0 aliphatic rings. The molecule has 1 heteroatoms. The normalized spacial score (nSPS) is 12.6. The second-order valence-electron chi connectivity index (χ2n) is 5.36. The van der Waals surface area contributed by atoms with Gasteiger partial charge in [0.15, 0.2) is 0 Å². The van der Waals surface area contributed by atoms with Crippen molar-refractivity contribution in [2.75, 3.05) is 13.2 Å². The van der Waals surface area contributed by atoms with E-state index >= 15 is 0 Å². The van der Waals surface area contributed by atoms with Gasteiger partial charge in [-0.3, -0.25) is 0 Å². The van der Waals surface area contributed by atoms with Gasteiger partial charge in [-0.05, 0) is 50.2 Å². The van der Waals surface area contributed by atoms with Crippen molar-refractivity contribution in [1.82, 2.24) is 0 Å². The van der Waals surface area contributed by atoms with Crippen molar-refractivity contribution in [1.29, 1.82) is 0 Å². The first kappa shape index (κ1) is 16.2. The molecule has 0 radical (unpaired) electrons. The van der Waals surface area contributed by atoms with Gasteiger partial charge in [-0.1, -0.05) is 50.5 Å². The van der Waals surface area contributed by atoms with Crippen LogP contribution < -0.4 is 0 Å². The van der Waals surface area contributed by atoms with E-state index in [-0.39, 0.29) is 0 Å². The summed E-state index contributed by atoms with van der Waals surface area (Å²) in [6, 6.07) is 8.85. The lowest BCUT2D eigenvalue weighted by Crippen LogP contribution is -2.00. The minimum absolute atomic E-state index is 0.744. The second kappa shape index (κ2) is 10.0. The molecule has 0 saturated heterocycles. The average molecular weight is 262 g/mol. The number of hydrogen-bond donors (Lipinski definition) is 0. The zero-order valence-corrected chi connectivity index (χ0v) is 13.0. The van der Waals surface area contributed by atoms with E-state index in [9.17, 15) is 0 Å². The summed E-state index contributed by atoms with van der Waals surface area (Å²) in [5.74, 6) is 0.744. The number of aryl methyl sites for hydroxylation is 1. The maximum atomic E-state index is 5.37. The first-order valence-corrected chi connectivity index (χ1v) is 7.92. The van der Waals surface area contributed by atoms with E-state index in [1.54, 1.807) is 5.56 Å². The predicted molar refractivity (Wildman–Crippen MR) is 83.8 cm³/mol. The molecular formula is C18H30O. The second-order valence-corrected chi connectivity index (χ2v) is 5.36. The number of hydrogen-bond acceptors (Lipinski definition) is 1. The summed E-state index contributed by atoms with van der Waals surface area (Å²) < 4.78 is 5.37. The Morgan fingerprint density at radius 2 is 1.74 bits per heavy atom. The van der Waals surface area contributed by atoms with Crippen molar-refractivity contribution < 1.29 is 4.74 Å². The molecule has 0 amide bonds. The van der Waals surface area contributed by atoms with Gasteiger partial charge in [-0.25, -0.2) is 0 Å². The Balaban J connectivity index is 2.24. The fourth-order valence-corrected chi connectivity index (χ4v) is 2.72. The van der Waals surface area contributed by atoms with Gasteiger partial charge in [0.2, 0.25) is 0 Å². The van der Waals surface area contributed by atoms with Gasteiger partial charge in [0, 0.05) is 13.2 Å². The molecule has 0 fully saturated rings. The summed E-state index contributed by atoms with van der Waals surface area (Å²) in [6.45, 7) is 8.40. The predicted octanol–water partition coefficient (Wildman–Crippen LogP) is 5.48. The molecule has 0 saturated carbocycles. The molecule has 0 spiro atoms. The van der Waals surface area contributed by atoms with Gasteiger partial charge in [-0.15, -0.1) is 0 Å². The SMILES string of the molecule is CCOCCCCCCC(CC)c1ccccc1C. The van der Waals surface area contributed by atoms with Crippen LogP contribution in [-0.4, -0.2) is 13.2 Å². The fraction of sp³-hybridized carbons (Fsp3) is 0.667. The molecule has 1 unspecified atom stereocenters. The molecular weight excluding hydrogens is 232 g/mol. The number of unbranched alkanes of at least 4 members (excludes halogenated alkanes) is 3. The fourth-order valence-electron chi connectivity index (χ4n) is 2.72. The monoisotopic (exact) mass is 262 g/mol. The molecule has 1 nitrogen and oxygen atoms in total. The molecule has 0 aliphatic carbocycles. The molecule has 1 rings (SSSR count). The van der Waals surface area contributed by atoms with Crippen molar-refractivity contribution in [3.63, 3.8) is 0 Å². The summed E-state index contributed by atoms with van der Waals surface area (Å²) in [5.41, 5.74) is 3.00. The Bertz CT molecular complexity index is 332. The molecule has 0 heterocycles. The summed E-state index contributed by atoms with van der Waals surface area (Å²) in [7, 11) is 0. The lowest BCUT2D eigenvalue weighted by molar-refractivity contribution is 0.143. The highest BCUT2D eigenvalue weighted by Gasteiger charge is 2.10. The van der Waals surface area contributed by atoms with Gasteiger partial charge in [0.05, 0.1) is 0 Å². The van der Waals surface area contributed by atoms with Crippen LogP contribution in [0.5, 0.6) is 0 Å². The Hall–Kier alpha value is -0.820. The number of rotatable bonds is 10. The van der Waals surface area contributed by atoms with E-state index < -0.39 is 0 Å². The van der Waals surface area contributed by atoms with Crippen molar-refractivity contribution in [3.8, 4) is 0 Å². The number of ether oxygens (including phenoxy) is 1. The van der Waals surface area contributed by atoms with Crippen molar-refractivity contribution >= 4 is 0 Å². The van der Waals surface area contributed by atoms with E-state index in [1.807, 2.05) is 0 Å².